The first-order valence-corrected chi connectivity index (χ1v) is 8.84. The number of aryl methyl sites for hydroxylation is 1. The number of halogens is 3. The van der Waals surface area contributed by atoms with E-state index in [1.807, 2.05) is 31.2 Å². The molecule has 0 unspecified atom stereocenters. The van der Waals surface area contributed by atoms with E-state index >= 15 is 0 Å². The third-order valence-corrected chi connectivity index (χ3v) is 3.54. The number of benzene rings is 1. The molecular weight excluding hydrogens is 231 g/mol. The first kappa shape index (κ1) is 10.4. The highest BCUT2D eigenvalue weighted by Gasteiger charge is 2.24. The Morgan fingerprint density at radius 2 is 1.58 bits per heavy atom. The summed E-state index contributed by atoms with van der Waals surface area (Å²) in [6, 6.07) is 6.16. The predicted molar refractivity (Wildman–Crippen MR) is 58.2 cm³/mol. The van der Waals surface area contributed by atoms with Gasteiger partial charge in [-0.25, -0.2) is 0 Å². The van der Waals surface area contributed by atoms with Crippen molar-refractivity contribution >= 4 is 39.2 Å². The second kappa shape index (κ2) is 4.01. The van der Waals surface area contributed by atoms with Crippen molar-refractivity contribution < 1.29 is 0 Å². The first-order valence-electron chi connectivity index (χ1n) is 3.60. The van der Waals surface area contributed by atoms with Crippen LogP contribution in [0.1, 0.15) is 11.1 Å². The topological polar surface area (TPSA) is 0 Å². The zero-order valence-electron chi connectivity index (χ0n) is 6.65. The van der Waals surface area contributed by atoms with Crippen LogP contribution in [-0.4, -0.2) is 6.00 Å². The lowest BCUT2D eigenvalue weighted by molar-refractivity contribution is 1.35. The van der Waals surface area contributed by atoms with E-state index in [0.29, 0.717) is 6.04 Å². The van der Waals surface area contributed by atoms with E-state index < -0.39 is 6.00 Å². The molecule has 0 aromatic heterocycles. The smallest absolute Gasteiger partial charge is 0.126 e. The van der Waals surface area contributed by atoms with Gasteiger partial charge in [0.15, 0.2) is 0 Å². The molecule has 1 aromatic carbocycles. The highest BCUT2D eigenvalue weighted by molar-refractivity contribution is 7.64. The van der Waals surface area contributed by atoms with Crippen LogP contribution in [0.3, 0.4) is 0 Å². The zero-order chi connectivity index (χ0) is 9.19. The van der Waals surface area contributed by atoms with Gasteiger partial charge < -0.3 is 0 Å². The molecule has 0 nitrogen and oxygen atoms in total. The Balaban J connectivity index is 2.71. The molecule has 12 heavy (non-hydrogen) atoms. The van der Waals surface area contributed by atoms with Gasteiger partial charge in [-0.2, -0.15) is 0 Å². The van der Waals surface area contributed by atoms with Gasteiger partial charge in [0, 0.05) is 6.04 Å². The zero-order valence-corrected chi connectivity index (χ0v) is 9.92. The lowest BCUT2D eigenvalue weighted by Crippen LogP contribution is -2.13. The summed E-state index contributed by atoms with van der Waals surface area (Å²) in [6.07, 6.45) is 0. The molecule has 0 amide bonds. The maximum absolute atomic E-state index is 5.78. The summed E-state index contributed by atoms with van der Waals surface area (Å²) in [5, 5.41) is 0. The summed E-state index contributed by atoms with van der Waals surface area (Å²) in [5.41, 5.74) is 2.33. The minimum absolute atomic E-state index is 0.595. The van der Waals surface area contributed by atoms with Gasteiger partial charge >= 0.3 is 6.00 Å². The second-order valence-electron chi connectivity index (χ2n) is 2.78. The lowest BCUT2D eigenvalue weighted by Gasteiger charge is -2.07. The molecule has 0 aliphatic heterocycles. The van der Waals surface area contributed by atoms with Crippen molar-refractivity contribution in [3.8, 4) is 0 Å². The Morgan fingerprint density at radius 3 is 2.00 bits per heavy atom. The molecule has 66 valence electrons. The van der Waals surface area contributed by atoms with Crippen molar-refractivity contribution in [3.05, 3.63) is 35.4 Å². The molecule has 0 bridgehead atoms. The monoisotopic (exact) mass is 238 g/mol. The minimum Gasteiger partial charge on any atom is -0.126 e. The van der Waals surface area contributed by atoms with Crippen molar-refractivity contribution in [3.63, 3.8) is 0 Å². The van der Waals surface area contributed by atoms with E-state index in [9.17, 15) is 0 Å². The van der Waals surface area contributed by atoms with Gasteiger partial charge in [0.1, 0.15) is 0 Å². The first-order chi connectivity index (χ1) is 5.47. The van der Waals surface area contributed by atoms with Crippen molar-refractivity contribution in [2.24, 2.45) is 0 Å². The predicted octanol–water partition coefficient (Wildman–Crippen LogP) is 3.73. The molecule has 0 aliphatic carbocycles. The van der Waals surface area contributed by atoms with Gasteiger partial charge in [0.2, 0.25) is 0 Å². The highest BCUT2D eigenvalue weighted by atomic mass is 35.8. The normalized spacial score (nSPS) is 11.7. The van der Waals surface area contributed by atoms with Crippen LogP contribution in [0.2, 0.25) is 0 Å². The minimum atomic E-state index is -2.50. The van der Waals surface area contributed by atoms with Crippen molar-refractivity contribution in [1.82, 2.24) is 0 Å². The van der Waals surface area contributed by atoms with Gasteiger partial charge in [-0.15, -0.1) is 33.2 Å². The summed E-state index contributed by atoms with van der Waals surface area (Å²) in [5.74, 6) is 0. The molecule has 0 spiro atoms. The number of hydrogen-bond acceptors (Lipinski definition) is 0. The standard InChI is InChI=1S/C8H9Cl3Si/c1-7-2-4-8(5-3-7)6-12(9,10)11/h2-5H,6H2,1H3. The summed E-state index contributed by atoms with van der Waals surface area (Å²) in [6.45, 7) is 2.04. The molecule has 0 radical (unpaired) electrons. The molecule has 4 heteroatoms. The summed E-state index contributed by atoms with van der Waals surface area (Å²) < 4.78 is 0. The molecule has 0 N–H and O–H groups in total. The Bertz CT molecular complexity index is 250. The van der Waals surface area contributed by atoms with E-state index in [0.717, 1.165) is 5.56 Å². The second-order valence-corrected chi connectivity index (χ2v) is 11.9. The molecule has 1 aromatic rings. The molecule has 0 aliphatic rings. The number of hydrogen-bond donors (Lipinski definition) is 0. The fourth-order valence-electron chi connectivity index (χ4n) is 0.937. The molecule has 1 rings (SSSR count). The molecule has 0 saturated heterocycles. The van der Waals surface area contributed by atoms with E-state index in [4.69, 9.17) is 33.2 Å². The molecular formula is C8H9Cl3Si. The van der Waals surface area contributed by atoms with Crippen LogP contribution in [0.5, 0.6) is 0 Å². The lowest BCUT2D eigenvalue weighted by atomic mass is 10.2. The van der Waals surface area contributed by atoms with E-state index in [1.54, 1.807) is 0 Å². The van der Waals surface area contributed by atoms with Gasteiger partial charge in [0.05, 0.1) is 0 Å². The molecule has 0 atom stereocenters. The molecule has 0 saturated carbocycles. The fourth-order valence-corrected chi connectivity index (χ4v) is 3.02. The van der Waals surface area contributed by atoms with Crippen LogP contribution < -0.4 is 0 Å². The highest BCUT2D eigenvalue weighted by Crippen LogP contribution is 2.24. The quantitative estimate of drug-likeness (QED) is 0.545. The van der Waals surface area contributed by atoms with Crippen LogP contribution in [0.25, 0.3) is 0 Å². The van der Waals surface area contributed by atoms with Gasteiger partial charge in [-0.05, 0) is 12.5 Å². The average Bonchev–Trinajstić information content (AvgIpc) is 1.91. The third kappa shape index (κ3) is 3.81. The molecule has 0 heterocycles. The van der Waals surface area contributed by atoms with Crippen LogP contribution in [0.15, 0.2) is 24.3 Å². The van der Waals surface area contributed by atoms with Crippen LogP contribution in [0, 0.1) is 6.92 Å². The average molecular weight is 240 g/mol. The van der Waals surface area contributed by atoms with E-state index in [2.05, 4.69) is 0 Å². The SMILES string of the molecule is Cc1ccc(C[Si](Cl)(Cl)Cl)cc1. The Morgan fingerprint density at radius 1 is 1.08 bits per heavy atom. The summed E-state index contributed by atoms with van der Waals surface area (Å²) in [4.78, 5) is 0. The summed E-state index contributed by atoms with van der Waals surface area (Å²) >= 11 is 17.3. The van der Waals surface area contributed by atoms with Crippen molar-refractivity contribution in [2.75, 3.05) is 0 Å². The van der Waals surface area contributed by atoms with E-state index in [1.165, 1.54) is 5.56 Å². The maximum Gasteiger partial charge on any atom is 0.345 e. The van der Waals surface area contributed by atoms with Crippen molar-refractivity contribution in [1.29, 1.82) is 0 Å². The Kier molecular flexibility index (Phi) is 3.47. The van der Waals surface area contributed by atoms with Gasteiger partial charge in [0.25, 0.3) is 0 Å². The Hall–Kier alpha value is 0.307. The maximum atomic E-state index is 5.78. The van der Waals surface area contributed by atoms with Gasteiger partial charge in [-0.1, -0.05) is 29.8 Å². The largest absolute Gasteiger partial charge is 0.345 e. The van der Waals surface area contributed by atoms with Gasteiger partial charge in [-0.3, -0.25) is 0 Å². The summed E-state index contributed by atoms with van der Waals surface area (Å²) in [7, 11) is 0. The van der Waals surface area contributed by atoms with Crippen LogP contribution >= 0.6 is 33.2 Å². The molecule has 0 fully saturated rings. The third-order valence-electron chi connectivity index (χ3n) is 1.53. The van der Waals surface area contributed by atoms with E-state index in [-0.39, 0.29) is 0 Å². The van der Waals surface area contributed by atoms with Crippen LogP contribution in [-0.2, 0) is 6.04 Å². The Labute approximate surface area is 87.6 Å². The number of rotatable bonds is 2. The fraction of sp³-hybridized carbons (Fsp3) is 0.250. The van der Waals surface area contributed by atoms with Crippen molar-refractivity contribution in [2.45, 2.75) is 13.0 Å². The van der Waals surface area contributed by atoms with Crippen LogP contribution in [0.4, 0.5) is 0 Å².